The molecule has 0 saturated heterocycles. The number of amides is 2. The summed E-state index contributed by atoms with van der Waals surface area (Å²) in [5, 5.41) is 7.82. The first-order valence-corrected chi connectivity index (χ1v) is 12.6. The minimum Gasteiger partial charge on any atom is -0.330 e. The van der Waals surface area contributed by atoms with E-state index in [0.717, 1.165) is 16.8 Å². The molecule has 36 heavy (non-hydrogen) atoms. The summed E-state index contributed by atoms with van der Waals surface area (Å²) in [4.78, 5) is 28.9. The quantitative estimate of drug-likeness (QED) is 0.447. The molecule has 1 aromatic heterocycles. The molecule has 0 saturated carbocycles. The Balaban J connectivity index is 1.90. The van der Waals surface area contributed by atoms with Crippen LogP contribution in [-0.2, 0) is 20.5 Å². The zero-order chi connectivity index (χ0) is 26.7. The minimum absolute atomic E-state index is 0.0488. The van der Waals surface area contributed by atoms with E-state index >= 15 is 0 Å². The van der Waals surface area contributed by atoms with Crippen LogP contribution in [-0.4, -0.2) is 39.1 Å². The molecule has 0 aliphatic carbocycles. The molecule has 1 heterocycles. The van der Waals surface area contributed by atoms with E-state index in [1.807, 2.05) is 85.3 Å². The van der Waals surface area contributed by atoms with E-state index in [1.165, 1.54) is 0 Å². The van der Waals surface area contributed by atoms with Gasteiger partial charge >= 0.3 is 0 Å². The van der Waals surface area contributed by atoms with Crippen LogP contribution in [0.2, 0.25) is 0 Å². The predicted octanol–water partition coefficient (Wildman–Crippen LogP) is 5.94. The van der Waals surface area contributed by atoms with Crippen molar-refractivity contribution in [3.05, 3.63) is 83.6 Å². The second kappa shape index (κ2) is 10.7. The fraction of sp³-hybridized carbons (Fsp3) is 0.433. The predicted molar refractivity (Wildman–Crippen MR) is 146 cm³/mol. The molecular formula is C30H40N4O2. The highest BCUT2D eigenvalue weighted by molar-refractivity contribution is 5.96. The average Bonchev–Trinajstić information content (AvgIpc) is 3.24. The largest absolute Gasteiger partial charge is 0.330 e. The van der Waals surface area contributed by atoms with Gasteiger partial charge in [0.1, 0.15) is 12.4 Å². The van der Waals surface area contributed by atoms with E-state index in [1.54, 1.807) is 4.90 Å². The number of carbonyl (C=O) groups excluding carboxylic acids is 2. The van der Waals surface area contributed by atoms with Gasteiger partial charge in [-0.05, 0) is 45.7 Å². The number of rotatable bonds is 7. The van der Waals surface area contributed by atoms with Crippen LogP contribution in [0.1, 0.15) is 78.1 Å². The molecule has 2 amide bonds. The molecule has 0 unspecified atom stereocenters. The van der Waals surface area contributed by atoms with Crippen LogP contribution < -0.4 is 5.32 Å². The monoisotopic (exact) mass is 488 g/mol. The SMILES string of the molecule is CC(C)N(CC(=O)Nc1cc(C(C)(C)C)nn1C(C)(C)C)C(=O)C(c1ccccc1)c1ccccc1. The highest BCUT2D eigenvalue weighted by atomic mass is 16.2. The van der Waals surface area contributed by atoms with Crippen LogP contribution in [0.3, 0.4) is 0 Å². The molecule has 3 aromatic rings. The molecule has 0 fully saturated rings. The van der Waals surface area contributed by atoms with Gasteiger partial charge in [-0.15, -0.1) is 0 Å². The van der Waals surface area contributed by atoms with Gasteiger partial charge in [-0.2, -0.15) is 5.10 Å². The molecular weight excluding hydrogens is 448 g/mol. The molecule has 6 heteroatoms. The van der Waals surface area contributed by atoms with Crippen LogP contribution in [0.15, 0.2) is 66.7 Å². The van der Waals surface area contributed by atoms with Gasteiger partial charge in [0.15, 0.2) is 0 Å². The minimum atomic E-state index is -0.491. The Labute approximate surface area is 215 Å². The molecule has 192 valence electrons. The third-order valence-corrected chi connectivity index (χ3v) is 6.11. The van der Waals surface area contributed by atoms with Crippen molar-refractivity contribution in [1.29, 1.82) is 0 Å². The van der Waals surface area contributed by atoms with E-state index in [0.29, 0.717) is 5.82 Å². The van der Waals surface area contributed by atoms with Crippen molar-refractivity contribution in [3.8, 4) is 0 Å². The first kappa shape index (κ1) is 27.2. The lowest BCUT2D eigenvalue weighted by molar-refractivity contribution is -0.137. The van der Waals surface area contributed by atoms with Gasteiger partial charge in [-0.3, -0.25) is 9.59 Å². The van der Waals surface area contributed by atoms with E-state index in [2.05, 4.69) is 46.9 Å². The zero-order valence-corrected chi connectivity index (χ0v) is 22.9. The second-order valence-electron chi connectivity index (χ2n) is 11.6. The molecule has 0 aliphatic rings. The van der Waals surface area contributed by atoms with E-state index in [9.17, 15) is 9.59 Å². The van der Waals surface area contributed by atoms with Gasteiger partial charge in [0, 0.05) is 17.5 Å². The lowest BCUT2D eigenvalue weighted by Crippen LogP contribution is -2.45. The smallest absolute Gasteiger partial charge is 0.245 e. The Bertz CT molecular complexity index is 1130. The Morgan fingerprint density at radius 3 is 1.81 bits per heavy atom. The maximum absolute atomic E-state index is 14.0. The van der Waals surface area contributed by atoms with Gasteiger partial charge in [-0.1, -0.05) is 81.4 Å². The van der Waals surface area contributed by atoms with Crippen LogP contribution >= 0.6 is 0 Å². The van der Waals surface area contributed by atoms with Gasteiger partial charge in [-0.25, -0.2) is 4.68 Å². The Morgan fingerprint density at radius 1 is 0.889 bits per heavy atom. The third kappa shape index (κ3) is 6.42. The molecule has 0 bridgehead atoms. The maximum Gasteiger partial charge on any atom is 0.245 e. The topological polar surface area (TPSA) is 67.2 Å². The number of aromatic nitrogens is 2. The fourth-order valence-electron chi connectivity index (χ4n) is 4.13. The molecule has 0 spiro atoms. The van der Waals surface area contributed by atoms with Crippen LogP contribution in [0.5, 0.6) is 0 Å². The van der Waals surface area contributed by atoms with Crippen LogP contribution in [0.25, 0.3) is 0 Å². The summed E-state index contributed by atoms with van der Waals surface area (Å²) >= 11 is 0. The molecule has 6 nitrogen and oxygen atoms in total. The summed E-state index contributed by atoms with van der Waals surface area (Å²) in [6, 6.07) is 21.2. The van der Waals surface area contributed by atoms with Gasteiger partial charge in [0.25, 0.3) is 0 Å². The van der Waals surface area contributed by atoms with E-state index in [-0.39, 0.29) is 35.4 Å². The summed E-state index contributed by atoms with van der Waals surface area (Å²) < 4.78 is 1.85. The van der Waals surface area contributed by atoms with Crippen molar-refractivity contribution in [2.24, 2.45) is 0 Å². The third-order valence-electron chi connectivity index (χ3n) is 6.11. The Kier molecular flexibility index (Phi) is 8.07. The number of carbonyl (C=O) groups is 2. The summed E-state index contributed by atoms with van der Waals surface area (Å²) in [5.74, 6) is -0.202. The van der Waals surface area contributed by atoms with Crippen LogP contribution in [0.4, 0.5) is 5.82 Å². The molecule has 0 aliphatic heterocycles. The maximum atomic E-state index is 14.0. The number of nitrogens with zero attached hydrogens (tertiary/aromatic N) is 3. The summed E-state index contributed by atoms with van der Waals surface area (Å²) in [7, 11) is 0. The lowest BCUT2D eigenvalue weighted by atomic mass is 9.89. The lowest BCUT2D eigenvalue weighted by Gasteiger charge is -2.31. The Hall–Kier alpha value is -3.41. The molecule has 0 atom stereocenters. The zero-order valence-electron chi connectivity index (χ0n) is 22.9. The summed E-state index contributed by atoms with van der Waals surface area (Å²) in [5.41, 5.74) is 2.23. The highest BCUT2D eigenvalue weighted by Crippen LogP contribution is 2.29. The number of anilines is 1. The number of benzene rings is 2. The van der Waals surface area contributed by atoms with Crippen molar-refractivity contribution in [2.45, 2.75) is 78.3 Å². The van der Waals surface area contributed by atoms with Gasteiger partial charge in [0.2, 0.25) is 11.8 Å². The molecule has 2 aromatic carbocycles. The highest BCUT2D eigenvalue weighted by Gasteiger charge is 2.31. The number of hydrogen-bond donors (Lipinski definition) is 1. The fourth-order valence-corrected chi connectivity index (χ4v) is 4.13. The normalized spacial score (nSPS) is 12.2. The first-order chi connectivity index (χ1) is 16.8. The van der Waals surface area contributed by atoms with E-state index < -0.39 is 5.92 Å². The van der Waals surface area contributed by atoms with E-state index in [4.69, 9.17) is 5.10 Å². The van der Waals surface area contributed by atoms with Crippen molar-refractivity contribution >= 4 is 17.6 Å². The van der Waals surface area contributed by atoms with Crippen molar-refractivity contribution in [1.82, 2.24) is 14.7 Å². The molecule has 0 radical (unpaired) electrons. The molecule has 3 rings (SSSR count). The Morgan fingerprint density at radius 2 is 1.39 bits per heavy atom. The molecule has 1 N–H and O–H groups in total. The second-order valence-corrected chi connectivity index (χ2v) is 11.6. The first-order valence-electron chi connectivity index (χ1n) is 12.6. The van der Waals surface area contributed by atoms with Gasteiger partial charge in [0.05, 0.1) is 17.2 Å². The van der Waals surface area contributed by atoms with Crippen molar-refractivity contribution < 1.29 is 9.59 Å². The number of hydrogen-bond acceptors (Lipinski definition) is 3. The number of nitrogens with one attached hydrogen (secondary N) is 1. The van der Waals surface area contributed by atoms with Crippen molar-refractivity contribution in [3.63, 3.8) is 0 Å². The average molecular weight is 489 g/mol. The van der Waals surface area contributed by atoms with Crippen molar-refractivity contribution in [2.75, 3.05) is 11.9 Å². The van der Waals surface area contributed by atoms with Gasteiger partial charge < -0.3 is 10.2 Å². The summed E-state index contributed by atoms with van der Waals surface area (Å²) in [6.45, 7) is 16.3. The summed E-state index contributed by atoms with van der Waals surface area (Å²) in [6.07, 6.45) is 0. The standard InChI is InChI=1S/C30H40N4O2/c1-21(2)33(28(36)27(22-15-11-9-12-16-22)23-17-13-10-14-18-23)20-26(35)31-25-19-24(29(3,4)5)32-34(25)30(6,7)8/h9-19,21,27H,20H2,1-8H3,(H,31,35). The van der Waals surface area contributed by atoms with Crippen LogP contribution in [0, 0.1) is 0 Å².